The molecule has 0 atom stereocenters. The molecular formula is C4H10N2S. The molecule has 0 saturated carbocycles. The first-order valence-electron chi connectivity index (χ1n) is 2.01. The van der Waals surface area contributed by atoms with E-state index in [4.69, 9.17) is 11.5 Å². The van der Waals surface area contributed by atoms with Crippen LogP contribution in [0.1, 0.15) is 0 Å². The summed E-state index contributed by atoms with van der Waals surface area (Å²) >= 11 is 1.53. The Morgan fingerprint density at radius 3 is 2.43 bits per heavy atom. The second kappa shape index (κ2) is 4.18. The summed E-state index contributed by atoms with van der Waals surface area (Å²) < 4.78 is 0. The normalized spacial score (nSPS) is 9.57. The second-order valence-electron chi connectivity index (χ2n) is 1.16. The third-order valence-electron chi connectivity index (χ3n) is 0.407. The van der Waals surface area contributed by atoms with Gasteiger partial charge in [0.25, 0.3) is 0 Å². The summed E-state index contributed by atoms with van der Waals surface area (Å²) in [5, 5.41) is 1.73. The minimum atomic E-state index is -0.206. The Kier molecular flexibility index (Phi) is 4.18. The maximum Gasteiger partial charge on any atom is 0.0617 e. The molecule has 0 heterocycles. The van der Waals surface area contributed by atoms with Crippen molar-refractivity contribution in [2.45, 2.75) is 6.17 Å². The fourth-order valence-electron chi connectivity index (χ4n) is 0.179. The molecule has 42 valence electrons. The standard InChI is InChI=1S/C4H10N2S/c1-2-7-3-4(5)6/h2,4H,1,3,5-6H2. The molecule has 0 aliphatic rings. The third kappa shape index (κ3) is 6.01. The zero-order valence-corrected chi connectivity index (χ0v) is 4.95. The highest BCUT2D eigenvalue weighted by Gasteiger charge is 1.87. The monoisotopic (exact) mass is 118 g/mol. The van der Waals surface area contributed by atoms with Crippen molar-refractivity contribution >= 4 is 11.8 Å². The molecule has 2 nitrogen and oxygen atoms in total. The van der Waals surface area contributed by atoms with Crippen molar-refractivity contribution in [1.82, 2.24) is 0 Å². The Bertz CT molecular complexity index is 53.7. The molecule has 7 heavy (non-hydrogen) atoms. The molecule has 0 aliphatic heterocycles. The smallest absolute Gasteiger partial charge is 0.0617 e. The lowest BCUT2D eigenvalue weighted by Crippen LogP contribution is -2.32. The Hall–Kier alpha value is 0.01000. The van der Waals surface area contributed by atoms with Gasteiger partial charge in [0.15, 0.2) is 0 Å². The number of nitrogens with two attached hydrogens (primary N) is 2. The summed E-state index contributed by atoms with van der Waals surface area (Å²) in [7, 11) is 0. The van der Waals surface area contributed by atoms with Gasteiger partial charge < -0.3 is 11.5 Å². The van der Waals surface area contributed by atoms with Crippen LogP contribution in [0.4, 0.5) is 0 Å². The fraction of sp³-hybridized carbons (Fsp3) is 0.500. The Morgan fingerprint density at radius 1 is 1.71 bits per heavy atom. The van der Waals surface area contributed by atoms with E-state index in [0.717, 1.165) is 5.75 Å². The molecule has 0 saturated heterocycles. The van der Waals surface area contributed by atoms with Crippen molar-refractivity contribution in [3.8, 4) is 0 Å². The topological polar surface area (TPSA) is 52.0 Å². The van der Waals surface area contributed by atoms with Gasteiger partial charge in [-0.05, 0) is 5.41 Å². The molecule has 0 rings (SSSR count). The van der Waals surface area contributed by atoms with Gasteiger partial charge in [-0.25, -0.2) is 0 Å². The molecule has 0 aromatic heterocycles. The van der Waals surface area contributed by atoms with Gasteiger partial charge in [-0.3, -0.25) is 0 Å². The van der Waals surface area contributed by atoms with Crippen LogP contribution in [0.15, 0.2) is 12.0 Å². The van der Waals surface area contributed by atoms with Crippen molar-refractivity contribution in [2.24, 2.45) is 11.5 Å². The van der Waals surface area contributed by atoms with E-state index < -0.39 is 0 Å². The largest absolute Gasteiger partial charge is 0.315 e. The zero-order valence-electron chi connectivity index (χ0n) is 4.13. The van der Waals surface area contributed by atoms with Crippen molar-refractivity contribution in [2.75, 3.05) is 5.75 Å². The van der Waals surface area contributed by atoms with E-state index in [1.54, 1.807) is 5.41 Å². The highest BCUT2D eigenvalue weighted by molar-refractivity contribution is 8.02. The lowest BCUT2D eigenvalue weighted by atomic mass is 10.7. The Morgan fingerprint density at radius 2 is 2.29 bits per heavy atom. The first-order valence-corrected chi connectivity index (χ1v) is 3.06. The van der Waals surface area contributed by atoms with E-state index in [2.05, 4.69) is 6.58 Å². The summed E-state index contributed by atoms with van der Waals surface area (Å²) in [4.78, 5) is 0. The molecule has 0 unspecified atom stereocenters. The molecule has 0 aromatic carbocycles. The van der Waals surface area contributed by atoms with Gasteiger partial charge in [0, 0.05) is 5.75 Å². The highest BCUT2D eigenvalue weighted by atomic mass is 32.2. The molecule has 3 heteroatoms. The van der Waals surface area contributed by atoms with E-state index in [-0.39, 0.29) is 6.17 Å². The van der Waals surface area contributed by atoms with E-state index in [9.17, 15) is 0 Å². The maximum atomic E-state index is 5.19. The van der Waals surface area contributed by atoms with Gasteiger partial charge in [0.05, 0.1) is 6.17 Å². The van der Waals surface area contributed by atoms with Crippen molar-refractivity contribution < 1.29 is 0 Å². The molecule has 0 bridgehead atoms. The van der Waals surface area contributed by atoms with Crippen LogP contribution in [0.25, 0.3) is 0 Å². The summed E-state index contributed by atoms with van der Waals surface area (Å²) in [5.74, 6) is 0.753. The quantitative estimate of drug-likeness (QED) is 0.517. The van der Waals surface area contributed by atoms with Crippen LogP contribution in [-0.4, -0.2) is 11.9 Å². The average Bonchev–Trinajstić information content (AvgIpc) is 1.61. The van der Waals surface area contributed by atoms with Gasteiger partial charge in [-0.15, -0.1) is 11.8 Å². The Labute approximate surface area is 47.9 Å². The second-order valence-corrected chi connectivity index (χ2v) is 2.16. The van der Waals surface area contributed by atoms with E-state index in [1.807, 2.05) is 0 Å². The van der Waals surface area contributed by atoms with Crippen LogP contribution < -0.4 is 11.5 Å². The molecule has 0 spiro atoms. The summed E-state index contributed by atoms with van der Waals surface area (Å²) in [6.45, 7) is 3.48. The van der Waals surface area contributed by atoms with Crippen molar-refractivity contribution in [1.29, 1.82) is 0 Å². The van der Waals surface area contributed by atoms with Crippen LogP contribution in [0, 0.1) is 0 Å². The molecule has 0 aromatic rings. The molecule has 0 radical (unpaired) electrons. The number of hydrogen-bond acceptors (Lipinski definition) is 3. The van der Waals surface area contributed by atoms with Gasteiger partial charge in [0.2, 0.25) is 0 Å². The predicted octanol–water partition coefficient (Wildman–Crippen LogP) is 0.107. The van der Waals surface area contributed by atoms with Crippen LogP contribution in [0.2, 0.25) is 0 Å². The lowest BCUT2D eigenvalue weighted by Gasteiger charge is -1.98. The number of thioether (sulfide) groups is 1. The van der Waals surface area contributed by atoms with Gasteiger partial charge >= 0.3 is 0 Å². The van der Waals surface area contributed by atoms with Crippen LogP contribution in [0.5, 0.6) is 0 Å². The predicted molar refractivity (Wildman–Crippen MR) is 34.8 cm³/mol. The molecule has 4 N–H and O–H groups in total. The molecule has 0 amide bonds. The summed E-state index contributed by atoms with van der Waals surface area (Å²) in [6.07, 6.45) is -0.206. The number of rotatable bonds is 3. The molecule has 0 aliphatic carbocycles. The minimum Gasteiger partial charge on any atom is -0.315 e. The first-order chi connectivity index (χ1) is 3.27. The lowest BCUT2D eigenvalue weighted by molar-refractivity contribution is 0.804. The SMILES string of the molecule is C=CSCC(N)N. The van der Waals surface area contributed by atoms with E-state index in [0.29, 0.717) is 0 Å². The third-order valence-corrected chi connectivity index (χ3v) is 1.22. The van der Waals surface area contributed by atoms with Crippen molar-refractivity contribution in [3.05, 3.63) is 12.0 Å². The summed E-state index contributed by atoms with van der Waals surface area (Å²) in [5.41, 5.74) is 10.4. The van der Waals surface area contributed by atoms with Crippen LogP contribution in [0.3, 0.4) is 0 Å². The molecular weight excluding hydrogens is 108 g/mol. The maximum absolute atomic E-state index is 5.19. The van der Waals surface area contributed by atoms with Gasteiger partial charge in [-0.1, -0.05) is 6.58 Å². The minimum absolute atomic E-state index is 0.206. The van der Waals surface area contributed by atoms with Crippen LogP contribution in [-0.2, 0) is 0 Å². The average molecular weight is 118 g/mol. The highest BCUT2D eigenvalue weighted by Crippen LogP contribution is 1.97. The molecule has 0 fully saturated rings. The van der Waals surface area contributed by atoms with E-state index in [1.165, 1.54) is 11.8 Å². The number of hydrogen-bond donors (Lipinski definition) is 2. The van der Waals surface area contributed by atoms with Gasteiger partial charge in [0.1, 0.15) is 0 Å². The summed E-state index contributed by atoms with van der Waals surface area (Å²) in [6, 6.07) is 0. The first kappa shape index (κ1) is 7.01. The van der Waals surface area contributed by atoms with Crippen LogP contribution >= 0.6 is 11.8 Å². The fourth-order valence-corrected chi connectivity index (χ4v) is 0.537. The van der Waals surface area contributed by atoms with E-state index >= 15 is 0 Å². The zero-order chi connectivity index (χ0) is 5.70. The van der Waals surface area contributed by atoms with Crippen molar-refractivity contribution in [3.63, 3.8) is 0 Å². The van der Waals surface area contributed by atoms with Gasteiger partial charge in [-0.2, -0.15) is 0 Å². The Balaban J connectivity index is 2.81.